The summed E-state index contributed by atoms with van der Waals surface area (Å²) in [6.07, 6.45) is 5.48. The topological polar surface area (TPSA) is 23.6 Å². The first-order valence-corrected chi connectivity index (χ1v) is 7.99. The lowest BCUT2D eigenvalue weighted by Crippen LogP contribution is -2.51. The van der Waals surface area contributed by atoms with Crippen molar-refractivity contribution in [2.24, 2.45) is 0 Å². The molecule has 1 aromatic carbocycles. The van der Waals surface area contributed by atoms with Crippen molar-refractivity contribution in [2.45, 2.75) is 38.1 Å². The van der Waals surface area contributed by atoms with Crippen molar-refractivity contribution in [3.8, 4) is 0 Å². The van der Waals surface area contributed by atoms with Crippen molar-refractivity contribution < 1.29 is 9.18 Å². The average molecular weight is 290 g/mol. The fourth-order valence-corrected chi connectivity index (χ4v) is 3.52. The van der Waals surface area contributed by atoms with Crippen LogP contribution in [0.2, 0.25) is 0 Å². The second kappa shape index (κ2) is 6.56. The Labute approximate surface area is 125 Å². The molecule has 0 spiro atoms. The van der Waals surface area contributed by atoms with Crippen LogP contribution in [0.3, 0.4) is 0 Å². The smallest absolute Gasteiger partial charge is 0.227 e. The van der Waals surface area contributed by atoms with Crippen molar-refractivity contribution in [3.63, 3.8) is 0 Å². The molecule has 114 valence electrons. The molecule has 0 unspecified atom stereocenters. The van der Waals surface area contributed by atoms with Crippen LogP contribution in [0.25, 0.3) is 0 Å². The van der Waals surface area contributed by atoms with Crippen LogP contribution in [0.5, 0.6) is 0 Å². The monoisotopic (exact) mass is 290 g/mol. The number of carbonyl (C=O) groups excluding carboxylic acids is 1. The molecule has 3 nitrogen and oxygen atoms in total. The lowest BCUT2D eigenvalue weighted by Gasteiger charge is -2.38. The molecular weight excluding hydrogens is 267 g/mol. The lowest BCUT2D eigenvalue weighted by atomic mass is 10.1. The molecule has 0 radical (unpaired) electrons. The summed E-state index contributed by atoms with van der Waals surface area (Å²) < 4.78 is 13.6. The summed E-state index contributed by atoms with van der Waals surface area (Å²) in [6.45, 7) is 3.49. The summed E-state index contributed by atoms with van der Waals surface area (Å²) in [5.74, 6) is -0.235. The third-order valence-electron chi connectivity index (χ3n) is 4.81. The molecule has 1 amide bonds. The van der Waals surface area contributed by atoms with Gasteiger partial charge in [0.2, 0.25) is 5.91 Å². The van der Waals surface area contributed by atoms with Gasteiger partial charge in [-0.2, -0.15) is 0 Å². The van der Waals surface area contributed by atoms with Crippen LogP contribution in [0.15, 0.2) is 24.3 Å². The summed E-state index contributed by atoms with van der Waals surface area (Å²) >= 11 is 0. The van der Waals surface area contributed by atoms with Gasteiger partial charge in [-0.3, -0.25) is 9.69 Å². The van der Waals surface area contributed by atoms with Gasteiger partial charge in [0.25, 0.3) is 0 Å². The van der Waals surface area contributed by atoms with Crippen molar-refractivity contribution in [2.75, 3.05) is 26.2 Å². The van der Waals surface area contributed by atoms with E-state index in [1.807, 2.05) is 4.90 Å². The molecule has 21 heavy (non-hydrogen) atoms. The Morgan fingerprint density at radius 1 is 1.10 bits per heavy atom. The Hall–Kier alpha value is -1.42. The number of carbonyl (C=O) groups is 1. The summed E-state index contributed by atoms with van der Waals surface area (Å²) in [7, 11) is 0. The zero-order valence-corrected chi connectivity index (χ0v) is 12.4. The Morgan fingerprint density at radius 2 is 1.76 bits per heavy atom. The molecule has 1 aliphatic carbocycles. The van der Waals surface area contributed by atoms with E-state index in [9.17, 15) is 9.18 Å². The first-order valence-electron chi connectivity index (χ1n) is 7.99. The van der Waals surface area contributed by atoms with E-state index in [4.69, 9.17) is 0 Å². The second-order valence-corrected chi connectivity index (χ2v) is 6.12. The van der Waals surface area contributed by atoms with Crippen molar-refractivity contribution >= 4 is 5.91 Å². The summed E-state index contributed by atoms with van der Waals surface area (Å²) in [6, 6.07) is 7.28. The Morgan fingerprint density at radius 3 is 2.43 bits per heavy atom. The normalized spacial score (nSPS) is 20.9. The standard InChI is InChI=1S/C17H23FN2O/c18-16-8-4-1-5-14(16)13-17(21)20-11-9-19(10-12-20)15-6-2-3-7-15/h1,4-5,8,15H,2-3,6-7,9-13H2. The van der Waals surface area contributed by atoms with Crippen molar-refractivity contribution in [1.29, 1.82) is 0 Å². The minimum absolute atomic E-state index is 0.0474. The Bertz CT molecular complexity index is 491. The minimum Gasteiger partial charge on any atom is -0.340 e. The number of rotatable bonds is 3. The minimum atomic E-state index is -0.282. The van der Waals surface area contributed by atoms with E-state index in [1.54, 1.807) is 18.2 Å². The molecule has 0 N–H and O–H groups in total. The van der Waals surface area contributed by atoms with Crippen LogP contribution in [0, 0.1) is 5.82 Å². The zero-order valence-electron chi connectivity index (χ0n) is 12.4. The number of piperazine rings is 1. The van der Waals surface area contributed by atoms with Crippen LogP contribution < -0.4 is 0 Å². The second-order valence-electron chi connectivity index (χ2n) is 6.12. The summed E-state index contributed by atoms with van der Waals surface area (Å²) in [4.78, 5) is 16.7. The van der Waals surface area contributed by atoms with Crippen LogP contribution in [-0.4, -0.2) is 47.9 Å². The van der Waals surface area contributed by atoms with Gasteiger partial charge in [-0.1, -0.05) is 31.0 Å². The fraction of sp³-hybridized carbons (Fsp3) is 0.588. The number of nitrogens with zero attached hydrogens (tertiary/aromatic N) is 2. The maximum Gasteiger partial charge on any atom is 0.227 e. The van der Waals surface area contributed by atoms with Gasteiger partial charge in [-0.25, -0.2) is 4.39 Å². The van der Waals surface area contributed by atoms with Gasteiger partial charge in [0.1, 0.15) is 5.82 Å². The lowest BCUT2D eigenvalue weighted by molar-refractivity contribution is -0.132. The van der Waals surface area contributed by atoms with Gasteiger partial charge in [-0.05, 0) is 24.5 Å². The molecule has 2 fully saturated rings. The van der Waals surface area contributed by atoms with Crippen molar-refractivity contribution in [1.82, 2.24) is 9.80 Å². The van der Waals surface area contributed by atoms with E-state index in [1.165, 1.54) is 31.7 Å². The van der Waals surface area contributed by atoms with E-state index in [0.29, 0.717) is 5.56 Å². The number of benzene rings is 1. The molecule has 0 bridgehead atoms. The van der Waals surface area contributed by atoms with Gasteiger partial charge >= 0.3 is 0 Å². The molecule has 3 rings (SSSR count). The van der Waals surface area contributed by atoms with E-state index in [-0.39, 0.29) is 18.1 Å². The van der Waals surface area contributed by atoms with Gasteiger partial charge in [-0.15, -0.1) is 0 Å². The average Bonchev–Trinajstić information content (AvgIpc) is 3.04. The quantitative estimate of drug-likeness (QED) is 0.854. The van der Waals surface area contributed by atoms with E-state index >= 15 is 0 Å². The molecule has 1 aromatic rings. The van der Waals surface area contributed by atoms with E-state index in [0.717, 1.165) is 32.2 Å². The molecule has 2 aliphatic rings. The highest BCUT2D eigenvalue weighted by atomic mass is 19.1. The number of amides is 1. The highest BCUT2D eigenvalue weighted by Crippen LogP contribution is 2.24. The Kier molecular flexibility index (Phi) is 4.54. The molecular formula is C17H23FN2O. The maximum absolute atomic E-state index is 13.6. The highest BCUT2D eigenvalue weighted by Gasteiger charge is 2.27. The highest BCUT2D eigenvalue weighted by molar-refractivity contribution is 5.79. The van der Waals surface area contributed by atoms with Gasteiger partial charge in [0.15, 0.2) is 0 Å². The van der Waals surface area contributed by atoms with Crippen LogP contribution in [0.4, 0.5) is 4.39 Å². The summed E-state index contributed by atoms with van der Waals surface area (Å²) in [5, 5.41) is 0. The molecule has 1 saturated heterocycles. The number of hydrogen-bond acceptors (Lipinski definition) is 2. The maximum atomic E-state index is 13.6. The van der Waals surface area contributed by atoms with Crippen LogP contribution in [0.1, 0.15) is 31.2 Å². The van der Waals surface area contributed by atoms with E-state index < -0.39 is 0 Å². The largest absolute Gasteiger partial charge is 0.340 e. The molecule has 1 heterocycles. The fourth-order valence-electron chi connectivity index (χ4n) is 3.52. The van der Waals surface area contributed by atoms with Gasteiger partial charge < -0.3 is 4.90 Å². The first kappa shape index (κ1) is 14.5. The predicted molar refractivity (Wildman–Crippen MR) is 80.5 cm³/mol. The molecule has 1 saturated carbocycles. The molecule has 0 aromatic heterocycles. The van der Waals surface area contributed by atoms with Gasteiger partial charge in [0.05, 0.1) is 6.42 Å². The Balaban J connectivity index is 1.52. The third kappa shape index (κ3) is 3.43. The first-order chi connectivity index (χ1) is 10.2. The third-order valence-corrected chi connectivity index (χ3v) is 4.81. The molecule has 4 heteroatoms. The van der Waals surface area contributed by atoms with E-state index in [2.05, 4.69) is 4.90 Å². The molecule has 1 aliphatic heterocycles. The predicted octanol–water partition coefficient (Wildman–Crippen LogP) is 2.46. The SMILES string of the molecule is O=C(Cc1ccccc1F)N1CCN(C2CCCC2)CC1. The number of halogens is 1. The summed E-state index contributed by atoms with van der Waals surface area (Å²) in [5.41, 5.74) is 0.501. The molecule has 0 atom stereocenters. The zero-order chi connectivity index (χ0) is 14.7. The van der Waals surface area contributed by atoms with Crippen LogP contribution in [-0.2, 0) is 11.2 Å². The van der Waals surface area contributed by atoms with Crippen LogP contribution >= 0.6 is 0 Å². The van der Waals surface area contributed by atoms with Crippen molar-refractivity contribution in [3.05, 3.63) is 35.6 Å². The van der Waals surface area contributed by atoms with Gasteiger partial charge in [0, 0.05) is 32.2 Å². The number of hydrogen-bond donors (Lipinski definition) is 0.